The van der Waals surface area contributed by atoms with Gasteiger partial charge in [0.15, 0.2) is 12.2 Å². The van der Waals surface area contributed by atoms with Crippen molar-refractivity contribution in [1.82, 2.24) is 0 Å². The predicted molar refractivity (Wildman–Crippen MR) is 94.8 cm³/mol. The summed E-state index contributed by atoms with van der Waals surface area (Å²) in [6, 6.07) is 6.05. The fourth-order valence-electron chi connectivity index (χ4n) is 2.70. The van der Waals surface area contributed by atoms with Gasteiger partial charge in [-0.2, -0.15) is 0 Å². The molecular weight excluding hydrogens is 388 g/mol. The maximum absolute atomic E-state index is 11.6. The van der Waals surface area contributed by atoms with Crippen molar-refractivity contribution in [2.75, 3.05) is 6.61 Å². The van der Waals surface area contributed by atoms with Gasteiger partial charge in [0, 0.05) is 27.7 Å². The normalized spacial score (nSPS) is 23.4. The molecule has 29 heavy (non-hydrogen) atoms. The van der Waals surface area contributed by atoms with Crippen molar-refractivity contribution in [3.05, 3.63) is 24.3 Å². The van der Waals surface area contributed by atoms with E-state index in [0.29, 0.717) is 11.5 Å². The van der Waals surface area contributed by atoms with Crippen LogP contribution in [0.1, 0.15) is 27.7 Å². The summed E-state index contributed by atoms with van der Waals surface area (Å²) in [5.74, 6) is -1.77. The monoisotopic (exact) mass is 410 g/mol. The van der Waals surface area contributed by atoms with E-state index in [-0.39, 0.29) is 6.61 Å². The number of ether oxygens (including phenoxy) is 6. The maximum atomic E-state index is 11.6. The Morgan fingerprint density at radius 2 is 1.28 bits per heavy atom. The van der Waals surface area contributed by atoms with Crippen LogP contribution >= 0.6 is 0 Å². The van der Waals surface area contributed by atoms with Gasteiger partial charge in [0.2, 0.25) is 12.4 Å². The van der Waals surface area contributed by atoms with Crippen molar-refractivity contribution >= 4 is 23.9 Å². The van der Waals surface area contributed by atoms with E-state index in [0.717, 1.165) is 0 Å². The van der Waals surface area contributed by atoms with Crippen LogP contribution in [0.15, 0.2) is 24.3 Å². The lowest BCUT2D eigenvalue weighted by molar-refractivity contribution is -0.259. The summed E-state index contributed by atoms with van der Waals surface area (Å²) in [7, 11) is 0. The number of carbonyl (C=O) groups excluding carboxylic acids is 4. The Bertz CT molecular complexity index is 757. The van der Waals surface area contributed by atoms with Crippen molar-refractivity contribution in [2.24, 2.45) is 0 Å². The molecule has 1 heterocycles. The molecule has 2 rings (SSSR count). The second kappa shape index (κ2) is 9.87. The number of esters is 4. The van der Waals surface area contributed by atoms with Gasteiger partial charge in [0.05, 0.1) is 6.61 Å². The Labute approximate surface area is 166 Å². The molecule has 0 amide bonds. The molecule has 10 nitrogen and oxygen atoms in total. The third-order valence-electron chi connectivity index (χ3n) is 3.64. The first-order chi connectivity index (χ1) is 13.7. The molecule has 0 bridgehead atoms. The SMILES string of the molecule is CC(=O)Oc1ccc(O[C@@H]2OC[C@@H](OC(C)=O)[C@@H](OC(C)=O)[C@@H]2OC(C)=O)cc1. The summed E-state index contributed by atoms with van der Waals surface area (Å²) in [5, 5.41) is 0. The number of hydrogen-bond donors (Lipinski definition) is 0. The molecular formula is C19H22O10. The van der Waals surface area contributed by atoms with E-state index in [4.69, 9.17) is 28.4 Å². The van der Waals surface area contributed by atoms with E-state index in [1.165, 1.54) is 52.0 Å². The summed E-state index contributed by atoms with van der Waals surface area (Å²) >= 11 is 0. The van der Waals surface area contributed by atoms with Crippen LogP contribution in [0.5, 0.6) is 11.5 Å². The van der Waals surface area contributed by atoms with Crippen LogP contribution in [0.25, 0.3) is 0 Å². The van der Waals surface area contributed by atoms with Crippen molar-refractivity contribution in [1.29, 1.82) is 0 Å². The van der Waals surface area contributed by atoms with E-state index in [1.807, 2.05) is 0 Å². The summed E-state index contributed by atoms with van der Waals surface area (Å²) < 4.78 is 31.8. The van der Waals surface area contributed by atoms with Gasteiger partial charge in [0.1, 0.15) is 11.5 Å². The first-order valence-corrected chi connectivity index (χ1v) is 8.74. The summed E-state index contributed by atoms with van der Waals surface area (Å²) in [4.78, 5) is 45.5. The van der Waals surface area contributed by atoms with E-state index < -0.39 is 48.5 Å². The largest absolute Gasteiger partial charge is 0.461 e. The van der Waals surface area contributed by atoms with E-state index in [2.05, 4.69) is 0 Å². The predicted octanol–water partition coefficient (Wildman–Crippen LogP) is 1.14. The molecule has 0 aromatic heterocycles. The zero-order chi connectivity index (χ0) is 21.6. The van der Waals surface area contributed by atoms with Crippen LogP contribution in [0.2, 0.25) is 0 Å². The fraction of sp³-hybridized carbons (Fsp3) is 0.474. The fourth-order valence-corrected chi connectivity index (χ4v) is 2.70. The van der Waals surface area contributed by atoms with Crippen molar-refractivity contribution < 1.29 is 47.6 Å². The van der Waals surface area contributed by atoms with Gasteiger partial charge >= 0.3 is 23.9 Å². The maximum Gasteiger partial charge on any atom is 0.308 e. The van der Waals surface area contributed by atoms with E-state index >= 15 is 0 Å². The molecule has 0 saturated carbocycles. The molecule has 0 aliphatic carbocycles. The highest BCUT2D eigenvalue weighted by Gasteiger charge is 2.48. The van der Waals surface area contributed by atoms with Crippen LogP contribution in [-0.4, -0.2) is 55.1 Å². The van der Waals surface area contributed by atoms with Crippen LogP contribution in [0.4, 0.5) is 0 Å². The summed E-state index contributed by atoms with van der Waals surface area (Å²) in [5.41, 5.74) is 0. The smallest absolute Gasteiger partial charge is 0.308 e. The van der Waals surface area contributed by atoms with E-state index in [1.54, 1.807) is 0 Å². The molecule has 10 heteroatoms. The Morgan fingerprint density at radius 3 is 1.79 bits per heavy atom. The molecule has 1 aliphatic heterocycles. The lowest BCUT2D eigenvalue weighted by Crippen LogP contribution is -2.59. The quantitative estimate of drug-likeness (QED) is 0.383. The molecule has 1 aromatic carbocycles. The molecule has 1 fully saturated rings. The Hall–Kier alpha value is -3.14. The highest BCUT2D eigenvalue weighted by atomic mass is 16.7. The van der Waals surface area contributed by atoms with Crippen LogP contribution in [0, 0.1) is 0 Å². The molecule has 1 aliphatic rings. The van der Waals surface area contributed by atoms with Gasteiger partial charge < -0.3 is 28.4 Å². The Kier molecular flexibility index (Phi) is 7.54. The zero-order valence-corrected chi connectivity index (χ0v) is 16.4. The highest BCUT2D eigenvalue weighted by Crippen LogP contribution is 2.27. The van der Waals surface area contributed by atoms with Gasteiger partial charge in [-0.1, -0.05) is 0 Å². The summed E-state index contributed by atoms with van der Waals surface area (Å²) in [6.07, 6.45) is -4.44. The minimum absolute atomic E-state index is 0.147. The Balaban J connectivity index is 2.22. The number of carbonyl (C=O) groups is 4. The molecule has 0 spiro atoms. The lowest BCUT2D eigenvalue weighted by atomic mass is 10.0. The van der Waals surface area contributed by atoms with Crippen LogP contribution in [-0.2, 0) is 38.1 Å². The van der Waals surface area contributed by atoms with Crippen LogP contribution < -0.4 is 9.47 Å². The average Bonchev–Trinajstić information content (AvgIpc) is 2.60. The first-order valence-electron chi connectivity index (χ1n) is 8.74. The minimum atomic E-state index is -1.19. The third kappa shape index (κ3) is 6.75. The Morgan fingerprint density at radius 1 is 0.759 bits per heavy atom. The second-order valence-electron chi connectivity index (χ2n) is 6.18. The number of benzene rings is 1. The number of hydrogen-bond acceptors (Lipinski definition) is 10. The standard InChI is InChI=1S/C19H22O10/c1-10(20)25-14-5-7-15(8-6-14)29-19-18(28-13(4)23)17(27-12(3)22)16(9-24-19)26-11(2)21/h5-8,16-19H,9H2,1-4H3/t16-,17-,18+,19+/m1/s1. The number of rotatable bonds is 6. The minimum Gasteiger partial charge on any atom is -0.461 e. The molecule has 1 saturated heterocycles. The molecule has 1 aromatic rings. The van der Waals surface area contributed by atoms with Gasteiger partial charge in [0.25, 0.3) is 0 Å². The average molecular weight is 410 g/mol. The van der Waals surface area contributed by atoms with Gasteiger partial charge in [-0.05, 0) is 24.3 Å². The lowest BCUT2D eigenvalue weighted by Gasteiger charge is -2.40. The van der Waals surface area contributed by atoms with E-state index in [9.17, 15) is 19.2 Å². The topological polar surface area (TPSA) is 124 Å². The summed E-state index contributed by atoms with van der Waals surface area (Å²) in [6.45, 7) is 4.67. The molecule has 4 atom stereocenters. The third-order valence-corrected chi connectivity index (χ3v) is 3.64. The second-order valence-corrected chi connectivity index (χ2v) is 6.18. The van der Waals surface area contributed by atoms with Crippen LogP contribution in [0.3, 0.4) is 0 Å². The van der Waals surface area contributed by atoms with Gasteiger partial charge in [-0.15, -0.1) is 0 Å². The molecule has 0 unspecified atom stereocenters. The molecule has 0 N–H and O–H groups in total. The first kappa shape index (κ1) is 22.2. The molecule has 0 radical (unpaired) electrons. The van der Waals surface area contributed by atoms with Crippen molar-refractivity contribution in [2.45, 2.75) is 52.3 Å². The van der Waals surface area contributed by atoms with Crippen molar-refractivity contribution in [3.8, 4) is 11.5 Å². The van der Waals surface area contributed by atoms with Gasteiger partial charge in [-0.3, -0.25) is 19.2 Å². The molecule has 158 valence electrons. The highest BCUT2D eigenvalue weighted by molar-refractivity contribution is 5.69. The van der Waals surface area contributed by atoms with Gasteiger partial charge in [-0.25, -0.2) is 0 Å². The zero-order valence-electron chi connectivity index (χ0n) is 16.4. The van der Waals surface area contributed by atoms with Crippen molar-refractivity contribution in [3.63, 3.8) is 0 Å².